The van der Waals surface area contributed by atoms with Crippen molar-refractivity contribution in [3.05, 3.63) is 398 Å². The Balaban J connectivity index is 0.000000169. The average molecular weight is 1600 g/mol. The minimum Gasteiger partial charge on any atom is -0.477 e. The number of ketones is 1. The van der Waals surface area contributed by atoms with Crippen LogP contribution in [0.5, 0.6) is 0 Å². The number of aromatic nitrogens is 4. The zero-order valence-electron chi connectivity index (χ0n) is 61.3. The summed E-state index contributed by atoms with van der Waals surface area (Å²) in [4.78, 5) is 101. The minimum atomic E-state index is -1.57. The molecule has 0 atom stereocenters. The van der Waals surface area contributed by atoms with Gasteiger partial charge in [0.15, 0.2) is 17.5 Å². The summed E-state index contributed by atoms with van der Waals surface area (Å²) in [6.45, 7) is 9.54. The van der Waals surface area contributed by atoms with Gasteiger partial charge in [-0.05, 0) is 157 Å². The summed E-state index contributed by atoms with van der Waals surface area (Å²) in [7, 11) is -1.57. The van der Waals surface area contributed by atoms with Crippen LogP contribution >= 0.6 is 47.3 Å². The molecule has 20 heteroatoms. The number of carboxylic acid groups (broad SMARTS) is 1. The molecule has 15 aromatic rings. The number of nitrogens with zero attached hydrogens (tertiary/aromatic N) is 4. The predicted molar refractivity (Wildman–Crippen MR) is 452 cm³/mol. The Kier molecular flexibility index (Phi) is 33.2. The molecule has 0 aliphatic rings. The molecule has 15 rings (SSSR count). The molecule has 0 amide bonds. The first-order chi connectivity index (χ1) is 53.7. The maximum absolute atomic E-state index is 12.8. The van der Waals surface area contributed by atoms with Gasteiger partial charge in [0.05, 0.1) is 16.6 Å². The van der Waals surface area contributed by atoms with Gasteiger partial charge in [-0.1, -0.05) is 242 Å². The first-order valence-electron chi connectivity index (χ1n) is 34.6. The summed E-state index contributed by atoms with van der Waals surface area (Å²) < 4.78 is 0. The van der Waals surface area contributed by atoms with Crippen molar-refractivity contribution in [2.24, 2.45) is 0 Å². The fourth-order valence-corrected chi connectivity index (χ4v) is 12.6. The van der Waals surface area contributed by atoms with Crippen LogP contribution in [0.4, 0.5) is 0 Å². The molecule has 561 valence electrons. The van der Waals surface area contributed by atoms with Crippen molar-refractivity contribution in [1.82, 2.24) is 19.9 Å². The smallest absolute Gasteiger partial charge is 0.477 e. The average Bonchev–Trinajstić information content (AvgIpc) is 1.49. The molecule has 0 saturated heterocycles. The molecule has 0 fully saturated rings. The summed E-state index contributed by atoms with van der Waals surface area (Å²) >= 11 is 12.1. The topological polar surface area (TPSA) is 232 Å². The minimum absolute atomic E-state index is 0. The van der Waals surface area contributed by atoms with E-state index in [1.807, 2.05) is 251 Å². The van der Waals surface area contributed by atoms with E-state index < -0.39 is 18.3 Å². The fourth-order valence-electron chi connectivity index (χ4n) is 10.9. The second-order valence-corrected chi connectivity index (χ2v) is 27.5. The molecule has 0 spiro atoms. The van der Waals surface area contributed by atoms with Gasteiger partial charge < -0.3 is 15.2 Å². The number of thiol groups is 1. The van der Waals surface area contributed by atoms with Gasteiger partial charge in [-0.25, -0.2) is 4.79 Å². The van der Waals surface area contributed by atoms with E-state index in [-0.39, 0.29) is 38.9 Å². The second kappa shape index (κ2) is 43.4. The number of thiophene rings is 1. The number of aldehydes is 2. The Morgan fingerprint density at radius 1 is 0.438 bits per heavy atom. The van der Waals surface area contributed by atoms with Gasteiger partial charge in [0.25, 0.3) is 5.24 Å². The fraction of sp³-hybridized carbons (Fsp3) is 0.0543. The summed E-state index contributed by atoms with van der Waals surface area (Å²) in [5.74, 6) is -1.03. The normalized spacial score (nSPS) is 10.1. The molecule has 5 heterocycles. The van der Waals surface area contributed by atoms with Crippen LogP contribution in [-0.2, 0) is 17.1 Å². The molecular formula is C92H74BClCuN4O10S3. The molecule has 0 aliphatic carbocycles. The third kappa shape index (κ3) is 24.8. The van der Waals surface area contributed by atoms with Gasteiger partial charge in [0.1, 0.15) is 11.2 Å². The summed E-state index contributed by atoms with van der Waals surface area (Å²) in [6, 6.07) is 91.0. The molecule has 10 aromatic carbocycles. The van der Waals surface area contributed by atoms with E-state index in [1.54, 1.807) is 86.2 Å². The number of hydrogen-bond donors (Lipinski definition) is 4. The number of hydrogen-bond acceptors (Lipinski definition) is 16. The third-order valence-corrected chi connectivity index (χ3v) is 19.2. The van der Waals surface area contributed by atoms with E-state index in [9.17, 15) is 33.6 Å². The van der Waals surface area contributed by atoms with Gasteiger partial charge in [0, 0.05) is 124 Å². The summed E-state index contributed by atoms with van der Waals surface area (Å²) in [6.07, 6.45) is 8.44. The van der Waals surface area contributed by atoms with Crippen LogP contribution < -0.4 is 10.9 Å². The molecule has 0 saturated carbocycles. The van der Waals surface area contributed by atoms with Crippen molar-refractivity contribution in [3.8, 4) is 44.5 Å². The Morgan fingerprint density at radius 2 is 0.866 bits per heavy atom. The second-order valence-electron chi connectivity index (χ2n) is 24.7. The maximum atomic E-state index is 12.8. The quantitative estimate of drug-likeness (QED) is 0.0210. The molecule has 14 nitrogen and oxygen atoms in total. The number of aryl methyl sites for hydroxylation is 5. The number of fused-ring (bicyclic) bond motifs is 2. The number of aromatic carboxylic acids is 1. The largest absolute Gasteiger partial charge is 0.489 e. The Bertz CT molecular complexity index is 5720. The molecule has 112 heavy (non-hydrogen) atoms. The van der Waals surface area contributed by atoms with E-state index in [4.69, 9.17) is 26.8 Å². The monoisotopic (exact) mass is 1600 g/mol. The molecule has 0 bridgehead atoms. The number of carbonyl (C=O) groups is 6. The van der Waals surface area contributed by atoms with Crippen LogP contribution in [0.2, 0.25) is 0 Å². The number of pyridine rings is 4. The van der Waals surface area contributed by atoms with Crippen LogP contribution in [-0.4, -0.2) is 76.9 Å². The number of carboxylic acids is 1. The first-order valence-corrected chi connectivity index (χ1v) is 37.2. The van der Waals surface area contributed by atoms with Crippen LogP contribution in [0.1, 0.15) is 95.2 Å². The van der Waals surface area contributed by atoms with Gasteiger partial charge in [0.2, 0.25) is 5.12 Å². The van der Waals surface area contributed by atoms with E-state index in [0.717, 1.165) is 76.3 Å². The first kappa shape index (κ1) is 85.6. The Labute approximate surface area is 679 Å². The van der Waals surface area contributed by atoms with Crippen LogP contribution in [0.25, 0.3) is 66.2 Å². The van der Waals surface area contributed by atoms with Crippen molar-refractivity contribution in [1.29, 1.82) is 0 Å². The third-order valence-electron chi connectivity index (χ3n) is 16.9. The van der Waals surface area contributed by atoms with Gasteiger partial charge >= 0.3 is 13.1 Å². The standard InChI is InChI=1S/C20H15NO2.C20H17NOS.C20H13NO.C13H10ClNO.C7H7BO3.C7H8S.C5H4O2S.Cu/c1-14-19(20(23)18-10-6-5-9-16(18)13-22)11-17(12-21-14)15-7-3-2-4-8-15;1-14-8-10-18(11-9-14)23-20(22)19-12-17(13-21-15(19)2)16-6-4-3-5-7-16;22-20-17-9-5-4-8-15(17)10-11-19-18(20)12-16(13-21-19)14-6-2-1-3-7-14;1-9-12(13(14)16)7-11(8-15-9)10-5-3-2-4-6-10;9-5-6-3-1-2-4-7(6)8(10)11;1-6-2-4-7(8)5-3-6;6-5(7)4-2-1-3-8-4;/h2-13H,1H3;3-13H,1-2H3;1-13H;2-8H,1H3;1-5,10-11H;2-5,8H,1H3;1-3H,(H,6,7);. The molecule has 1 radical (unpaired) electrons. The molecule has 5 aromatic heterocycles. The van der Waals surface area contributed by atoms with Gasteiger partial charge in [-0.3, -0.25) is 48.7 Å². The van der Waals surface area contributed by atoms with E-state index in [1.165, 1.54) is 46.4 Å². The van der Waals surface area contributed by atoms with Gasteiger partial charge in [-0.2, -0.15) is 0 Å². The number of carbonyl (C=O) groups excluding carboxylic acids is 5. The summed E-state index contributed by atoms with van der Waals surface area (Å²) in [5, 5.41) is 29.4. The number of halogens is 1. The van der Waals surface area contributed by atoms with Crippen LogP contribution in [0, 0.1) is 34.6 Å². The molecule has 0 unspecified atom stereocenters. The SMILES string of the molecule is Cc1ccc(S)cc1.Cc1ccc(SC(=O)c2cc(-c3ccccc3)cnc2C)cc1.Cc1ncc(-c2ccccc2)cc1C(=O)Cl.Cc1ncc(-c2ccccc2)cc1C(=O)c1ccccc1C=O.O=C(O)c1cccs1.O=Cc1ccccc1B(O)O.O=c1c2ccccc2ccc2ncc(-c3ccccc3)cc12.[Cu]. The van der Waals surface area contributed by atoms with Crippen LogP contribution in [0.15, 0.2) is 336 Å². The van der Waals surface area contributed by atoms with E-state index >= 15 is 0 Å². The van der Waals surface area contributed by atoms with Crippen molar-refractivity contribution in [2.45, 2.75) is 44.4 Å². The Hall–Kier alpha value is -12.0. The zero-order chi connectivity index (χ0) is 79.2. The number of thioether (sulfide) groups is 1. The van der Waals surface area contributed by atoms with E-state index in [2.05, 4.69) is 39.5 Å². The predicted octanol–water partition coefficient (Wildman–Crippen LogP) is 20.2. The molecular weight excluding hydrogens is 1530 g/mol. The summed E-state index contributed by atoms with van der Waals surface area (Å²) in [5.41, 5.74) is 16.1. The molecule has 0 aliphatic heterocycles. The number of rotatable bonds is 13. The van der Waals surface area contributed by atoms with Crippen molar-refractivity contribution in [3.63, 3.8) is 0 Å². The maximum Gasteiger partial charge on any atom is 0.489 e. The van der Waals surface area contributed by atoms with Crippen molar-refractivity contribution >= 4 is 116 Å². The number of benzene rings is 9. The Morgan fingerprint density at radius 3 is 1.33 bits per heavy atom. The van der Waals surface area contributed by atoms with E-state index in [0.29, 0.717) is 67.6 Å². The van der Waals surface area contributed by atoms with Crippen LogP contribution in [0.3, 0.4) is 0 Å². The molecule has 3 N–H and O–H groups in total. The van der Waals surface area contributed by atoms with Crippen molar-refractivity contribution in [2.75, 3.05) is 0 Å². The van der Waals surface area contributed by atoms with Gasteiger partial charge in [-0.15, -0.1) is 24.0 Å². The van der Waals surface area contributed by atoms with Crippen molar-refractivity contribution < 1.29 is 61.0 Å². The zero-order valence-corrected chi connectivity index (χ0v) is 65.5.